The maximum atomic E-state index is 10.9. The Labute approximate surface area is 144 Å². The van der Waals surface area contributed by atoms with Crippen LogP contribution in [0.3, 0.4) is 0 Å². The van der Waals surface area contributed by atoms with E-state index in [0.717, 1.165) is 26.2 Å². The molecule has 5 heteroatoms. The highest BCUT2D eigenvalue weighted by atomic mass is 35.5. The third-order valence-electron chi connectivity index (χ3n) is 3.17. The molecule has 0 aliphatic carbocycles. The molecule has 0 atom stereocenters. The van der Waals surface area contributed by atoms with Gasteiger partial charge in [-0.3, -0.25) is 0 Å². The van der Waals surface area contributed by atoms with Gasteiger partial charge in [-0.05, 0) is 30.9 Å². The van der Waals surface area contributed by atoms with Crippen molar-refractivity contribution in [2.24, 2.45) is 0 Å². The fourth-order valence-corrected chi connectivity index (χ4v) is 2.12. The van der Waals surface area contributed by atoms with Crippen LogP contribution >= 0.6 is 11.6 Å². The second-order valence-corrected chi connectivity index (χ2v) is 6.40. The van der Waals surface area contributed by atoms with Crippen molar-refractivity contribution in [2.75, 3.05) is 0 Å². The summed E-state index contributed by atoms with van der Waals surface area (Å²) in [7, 11) is 0. The van der Waals surface area contributed by atoms with Crippen molar-refractivity contribution in [3.63, 3.8) is 0 Å². The highest BCUT2D eigenvalue weighted by Crippen LogP contribution is 2.15. The van der Waals surface area contributed by atoms with Crippen LogP contribution in [0.1, 0.15) is 63.6 Å². The van der Waals surface area contributed by atoms with E-state index >= 15 is 0 Å². The Hall–Kier alpha value is -1.81. The van der Waals surface area contributed by atoms with E-state index in [1.807, 2.05) is 26.8 Å². The number of rotatable bonds is 2. The predicted octanol–water partition coefficient (Wildman–Crippen LogP) is 4.48. The first-order valence-corrected chi connectivity index (χ1v) is 7.66. The summed E-state index contributed by atoms with van der Waals surface area (Å²) in [5, 5.41) is 22.3. The fraction of sp³-hybridized carbons (Fsp3) is 0.444. The van der Waals surface area contributed by atoms with Gasteiger partial charge in [0, 0.05) is 16.7 Å². The first kappa shape index (κ1) is 21.2. The third-order valence-corrected chi connectivity index (χ3v) is 3.37. The molecule has 0 spiro atoms. The van der Waals surface area contributed by atoms with Gasteiger partial charge in [0.05, 0.1) is 0 Å². The molecule has 0 bridgehead atoms. The SMILES string of the molecule is C.CC(C)c1cc(Cl)c[n+]([O-])c1.Cc1cc(C(C)C)c[n+]([O-])c1. The number of aryl methyl sites for hydroxylation is 1. The van der Waals surface area contributed by atoms with Gasteiger partial charge in [0.2, 0.25) is 0 Å². The summed E-state index contributed by atoms with van der Waals surface area (Å²) in [6, 6.07) is 3.85. The summed E-state index contributed by atoms with van der Waals surface area (Å²) in [6.45, 7) is 10.1. The van der Waals surface area contributed by atoms with E-state index in [1.165, 1.54) is 12.4 Å². The van der Waals surface area contributed by atoms with Crippen molar-refractivity contribution in [3.05, 3.63) is 69.0 Å². The van der Waals surface area contributed by atoms with Crippen LogP contribution in [-0.4, -0.2) is 0 Å². The molecule has 0 amide bonds. The third kappa shape index (κ3) is 7.33. The molecular formula is C18H27ClN2O2. The van der Waals surface area contributed by atoms with E-state index in [0.29, 0.717) is 16.9 Å². The Bertz CT molecular complexity index is 532. The van der Waals surface area contributed by atoms with Gasteiger partial charge in [0.15, 0.2) is 24.8 Å². The smallest absolute Gasteiger partial charge is 0.199 e. The molecule has 0 fully saturated rings. The van der Waals surface area contributed by atoms with Gasteiger partial charge in [-0.25, -0.2) is 0 Å². The zero-order chi connectivity index (χ0) is 16.9. The van der Waals surface area contributed by atoms with Crippen LogP contribution in [-0.2, 0) is 0 Å². The van der Waals surface area contributed by atoms with E-state index < -0.39 is 0 Å². The highest BCUT2D eigenvalue weighted by Gasteiger charge is 2.05. The molecule has 0 aromatic carbocycles. The molecule has 0 saturated heterocycles. The molecule has 23 heavy (non-hydrogen) atoms. The van der Waals surface area contributed by atoms with Gasteiger partial charge in [-0.2, -0.15) is 9.46 Å². The van der Waals surface area contributed by atoms with Crippen LogP contribution in [0, 0.1) is 17.3 Å². The first-order chi connectivity index (χ1) is 10.2. The minimum atomic E-state index is 0. The number of nitrogens with zero attached hydrogens (tertiary/aromatic N) is 2. The highest BCUT2D eigenvalue weighted by molar-refractivity contribution is 6.30. The summed E-state index contributed by atoms with van der Waals surface area (Å²) in [5.74, 6) is 0.768. The Morgan fingerprint density at radius 1 is 0.826 bits per heavy atom. The Kier molecular flexibility index (Phi) is 8.62. The molecule has 2 heterocycles. The Morgan fingerprint density at radius 3 is 1.65 bits per heavy atom. The standard InChI is InChI=1S/C9H13NO.C8H10ClNO.CH4/c1-7(2)9-4-8(3)5-10(11)6-9;1-6(2)7-3-8(9)5-10(11)4-7;/h4-7H,1-3H3;3-6H,1-2H3;1H4. The number of halogens is 1. The molecule has 0 N–H and O–H groups in total. The van der Waals surface area contributed by atoms with E-state index in [2.05, 4.69) is 13.8 Å². The van der Waals surface area contributed by atoms with Gasteiger partial charge in [-0.15, -0.1) is 0 Å². The van der Waals surface area contributed by atoms with Gasteiger partial charge >= 0.3 is 0 Å². The largest absolute Gasteiger partial charge is 0.619 e. The summed E-state index contributed by atoms with van der Waals surface area (Å²) in [4.78, 5) is 0. The van der Waals surface area contributed by atoms with Crippen molar-refractivity contribution >= 4 is 11.6 Å². The number of hydrogen-bond acceptors (Lipinski definition) is 2. The van der Waals surface area contributed by atoms with Crippen molar-refractivity contribution in [3.8, 4) is 0 Å². The van der Waals surface area contributed by atoms with Crippen LogP contribution in [0.2, 0.25) is 5.02 Å². The minimum absolute atomic E-state index is 0. The molecule has 0 saturated carbocycles. The van der Waals surface area contributed by atoms with Crippen LogP contribution < -0.4 is 9.46 Å². The lowest BCUT2D eigenvalue weighted by Crippen LogP contribution is -2.26. The van der Waals surface area contributed by atoms with Crippen LogP contribution in [0.25, 0.3) is 0 Å². The van der Waals surface area contributed by atoms with Gasteiger partial charge < -0.3 is 10.4 Å². The molecular weight excluding hydrogens is 312 g/mol. The van der Waals surface area contributed by atoms with Crippen molar-refractivity contribution < 1.29 is 9.46 Å². The van der Waals surface area contributed by atoms with E-state index in [4.69, 9.17) is 11.6 Å². The lowest BCUT2D eigenvalue weighted by atomic mass is 10.0. The summed E-state index contributed by atoms with van der Waals surface area (Å²) in [6.07, 6.45) is 6.08. The average Bonchev–Trinajstić information content (AvgIpc) is 2.37. The van der Waals surface area contributed by atoms with Crippen molar-refractivity contribution in [2.45, 2.75) is 53.9 Å². The van der Waals surface area contributed by atoms with Gasteiger partial charge in [-0.1, -0.05) is 46.7 Å². The zero-order valence-corrected chi connectivity index (χ0v) is 14.5. The minimum Gasteiger partial charge on any atom is -0.619 e. The Balaban J connectivity index is 0.000000403. The van der Waals surface area contributed by atoms with E-state index in [1.54, 1.807) is 18.5 Å². The van der Waals surface area contributed by atoms with E-state index in [9.17, 15) is 10.4 Å². The normalized spacial score (nSPS) is 10.1. The molecule has 0 aliphatic rings. The van der Waals surface area contributed by atoms with Crippen LogP contribution in [0.4, 0.5) is 0 Å². The van der Waals surface area contributed by atoms with Crippen LogP contribution in [0.5, 0.6) is 0 Å². The second kappa shape index (κ2) is 9.36. The fourth-order valence-electron chi connectivity index (χ4n) is 1.89. The summed E-state index contributed by atoms with van der Waals surface area (Å²) < 4.78 is 1.60. The molecule has 4 nitrogen and oxygen atoms in total. The van der Waals surface area contributed by atoms with Crippen molar-refractivity contribution in [1.29, 1.82) is 0 Å². The lowest BCUT2D eigenvalue weighted by molar-refractivity contribution is -0.606. The number of pyridine rings is 2. The lowest BCUT2D eigenvalue weighted by Gasteiger charge is -2.05. The average molecular weight is 339 g/mol. The second-order valence-electron chi connectivity index (χ2n) is 5.96. The summed E-state index contributed by atoms with van der Waals surface area (Å²) >= 11 is 5.67. The molecule has 128 valence electrons. The molecule has 0 radical (unpaired) electrons. The molecule has 0 aliphatic heterocycles. The number of aromatic nitrogens is 2. The molecule has 2 aromatic heterocycles. The molecule has 2 aromatic rings. The summed E-state index contributed by atoms with van der Waals surface area (Å²) in [5.41, 5.74) is 3.08. The maximum absolute atomic E-state index is 10.9. The van der Waals surface area contributed by atoms with Gasteiger partial charge in [0.25, 0.3) is 0 Å². The van der Waals surface area contributed by atoms with E-state index in [-0.39, 0.29) is 7.43 Å². The van der Waals surface area contributed by atoms with Crippen LogP contribution in [0.15, 0.2) is 36.9 Å². The topological polar surface area (TPSA) is 53.9 Å². The van der Waals surface area contributed by atoms with Gasteiger partial charge in [0.1, 0.15) is 5.02 Å². The molecule has 2 rings (SSSR count). The quantitative estimate of drug-likeness (QED) is 0.598. The maximum Gasteiger partial charge on any atom is 0.199 e. The predicted molar refractivity (Wildman–Crippen MR) is 95.5 cm³/mol. The van der Waals surface area contributed by atoms with Crippen molar-refractivity contribution in [1.82, 2.24) is 0 Å². The first-order valence-electron chi connectivity index (χ1n) is 7.28. The zero-order valence-electron chi connectivity index (χ0n) is 13.7. The monoisotopic (exact) mass is 338 g/mol. The number of hydrogen-bond donors (Lipinski definition) is 0. The molecule has 0 unspecified atom stereocenters. The Morgan fingerprint density at radius 2 is 1.26 bits per heavy atom.